The Balaban J connectivity index is 1.94. The zero-order chi connectivity index (χ0) is 16.0. The number of aryl methyl sites for hydroxylation is 1. The molecule has 3 nitrogen and oxygen atoms in total. The van der Waals surface area contributed by atoms with Crippen LogP contribution in [-0.4, -0.2) is 16.1 Å². The zero-order valence-electron chi connectivity index (χ0n) is 12.3. The molecule has 4 rings (SSSR count). The molecule has 0 amide bonds. The molecule has 1 aliphatic rings. The van der Waals surface area contributed by atoms with Crippen molar-refractivity contribution in [2.24, 2.45) is 0 Å². The van der Waals surface area contributed by atoms with Gasteiger partial charge in [-0.1, -0.05) is 29.3 Å². The SMILES string of the molecule is Clc1ccc(N2CCCCn3c2nc2cccc(Br)c23)c(Cl)c1. The summed E-state index contributed by atoms with van der Waals surface area (Å²) in [6, 6.07) is 11.7. The highest BCUT2D eigenvalue weighted by atomic mass is 79.9. The van der Waals surface area contributed by atoms with Crippen molar-refractivity contribution in [1.82, 2.24) is 9.55 Å². The number of halogens is 3. The maximum absolute atomic E-state index is 6.44. The Morgan fingerprint density at radius 1 is 1.04 bits per heavy atom. The summed E-state index contributed by atoms with van der Waals surface area (Å²) >= 11 is 16.1. The van der Waals surface area contributed by atoms with E-state index in [0.717, 1.165) is 53.1 Å². The second-order valence-corrected chi connectivity index (χ2v) is 7.32. The van der Waals surface area contributed by atoms with Crippen LogP contribution in [0.5, 0.6) is 0 Å². The summed E-state index contributed by atoms with van der Waals surface area (Å²) in [6.45, 7) is 1.85. The molecule has 1 aliphatic heterocycles. The molecule has 0 aliphatic carbocycles. The molecule has 0 spiro atoms. The van der Waals surface area contributed by atoms with E-state index >= 15 is 0 Å². The monoisotopic (exact) mass is 409 g/mol. The van der Waals surface area contributed by atoms with Gasteiger partial charge in [0.15, 0.2) is 0 Å². The predicted octanol–water partition coefficient (Wildman–Crippen LogP) is 6.04. The minimum atomic E-state index is 0.643. The van der Waals surface area contributed by atoms with Crippen molar-refractivity contribution in [2.45, 2.75) is 19.4 Å². The second kappa shape index (κ2) is 6.00. The predicted molar refractivity (Wildman–Crippen MR) is 100 cm³/mol. The Labute approximate surface area is 152 Å². The molecule has 0 bridgehead atoms. The highest BCUT2D eigenvalue weighted by Gasteiger charge is 2.23. The fraction of sp³-hybridized carbons (Fsp3) is 0.235. The molecule has 0 saturated carbocycles. The van der Waals surface area contributed by atoms with Gasteiger partial charge in [-0.15, -0.1) is 0 Å². The third-order valence-electron chi connectivity index (χ3n) is 4.15. The molecule has 2 heterocycles. The lowest BCUT2D eigenvalue weighted by Gasteiger charge is -2.23. The third kappa shape index (κ3) is 2.63. The molecule has 0 saturated heterocycles. The van der Waals surface area contributed by atoms with Crippen molar-refractivity contribution in [3.63, 3.8) is 0 Å². The molecule has 118 valence electrons. The van der Waals surface area contributed by atoms with Crippen molar-refractivity contribution in [2.75, 3.05) is 11.4 Å². The fourth-order valence-electron chi connectivity index (χ4n) is 3.12. The summed E-state index contributed by atoms with van der Waals surface area (Å²) in [5.74, 6) is 0.939. The molecule has 1 aromatic heterocycles. The number of para-hydroxylation sites is 1. The number of nitrogens with zero attached hydrogens (tertiary/aromatic N) is 3. The standard InChI is InChI=1S/C17H14BrCl2N3/c18-12-4-3-5-14-16(12)23-9-2-1-8-22(17(23)21-14)15-7-6-11(19)10-13(15)20/h3-7,10H,1-2,8-9H2. The van der Waals surface area contributed by atoms with Gasteiger partial charge in [-0.25, -0.2) is 4.98 Å². The first-order valence-corrected chi connectivity index (χ1v) is 9.07. The lowest BCUT2D eigenvalue weighted by atomic mass is 10.2. The van der Waals surface area contributed by atoms with E-state index < -0.39 is 0 Å². The number of fused-ring (bicyclic) bond motifs is 3. The van der Waals surface area contributed by atoms with E-state index in [-0.39, 0.29) is 0 Å². The zero-order valence-corrected chi connectivity index (χ0v) is 15.4. The Bertz CT molecular complexity index is 891. The highest BCUT2D eigenvalue weighted by molar-refractivity contribution is 9.10. The van der Waals surface area contributed by atoms with Crippen molar-refractivity contribution < 1.29 is 0 Å². The summed E-state index contributed by atoms with van der Waals surface area (Å²) < 4.78 is 3.34. The molecule has 2 aromatic carbocycles. The summed E-state index contributed by atoms with van der Waals surface area (Å²) in [4.78, 5) is 7.06. The number of benzene rings is 2. The molecule has 23 heavy (non-hydrogen) atoms. The summed E-state index contributed by atoms with van der Waals surface area (Å²) in [5.41, 5.74) is 3.08. The Morgan fingerprint density at radius 2 is 1.87 bits per heavy atom. The first-order valence-electron chi connectivity index (χ1n) is 7.52. The van der Waals surface area contributed by atoms with Gasteiger partial charge >= 0.3 is 0 Å². The molecule has 0 fully saturated rings. The number of rotatable bonds is 1. The highest BCUT2D eigenvalue weighted by Crippen LogP contribution is 2.38. The Hall–Kier alpha value is -1.23. The second-order valence-electron chi connectivity index (χ2n) is 5.63. The van der Waals surface area contributed by atoms with Crippen LogP contribution >= 0.6 is 39.1 Å². The van der Waals surface area contributed by atoms with Gasteiger partial charge in [0.1, 0.15) is 0 Å². The number of hydrogen-bond acceptors (Lipinski definition) is 2. The van der Waals surface area contributed by atoms with E-state index in [1.807, 2.05) is 24.3 Å². The topological polar surface area (TPSA) is 21.1 Å². The molecule has 0 N–H and O–H groups in total. The van der Waals surface area contributed by atoms with Crippen LogP contribution in [0.1, 0.15) is 12.8 Å². The van der Waals surface area contributed by atoms with Crippen LogP contribution in [0.15, 0.2) is 40.9 Å². The maximum Gasteiger partial charge on any atom is 0.211 e. The summed E-state index contributed by atoms with van der Waals surface area (Å²) in [5, 5.41) is 1.29. The van der Waals surface area contributed by atoms with Gasteiger partial charge in [-0.05, 0) is 59.1 Å². The number of aromatic nitrogens is 2. The van der Waals surface area contributed by atoms with Crippen LogP contribution in [0.3, 0.4) is 0 Å². The van der Waals surface area contributed by atoms with Gasteiger partial charge in [0, 0.05) is 22.6 Å². The molecular formula is C17H14BrCl2N3. The Morgan fingerprint density at radius 3 is 2.70 bits per heavy atom. The summed E-state index contributed by atoms with van der Waals surface area (Å²) in [6.07, 6.45) is 2.20. The van der Waals surface area contributed by atoms with Crippen LogP contribution < -0.4 is 4.90 Å². The number of anilines is 2. The minimum Gasteiger partial charge on any atom is -0.310 e. The normalized spacial score (nSPS) is 14.8. The van der Waals surface area contributed by atoms with E-state index in [9.17, 15) is 0 Å². The quantitative estimate of drug-likeness (QED) is 0.487. The average Bonchev–Trinajstić information content (AvgIpc) is 2.77. The molecule has 6 heteroatoms. The molecular weight excluding hydrogens is 397 g/mol. The lowest BCUT2D eigenvalue weighted by Crippen LogP contribution is -2.20. The molecule has 3 aromatic rings. The smallest absolute Gasteiger partial charge is 0.211 e. The van der Waals surface area contributed by atoms with Crippen molar-refractivity contribution in [3.05, 3.63) is 50.9 Å². The van der Waals surface area contributed by atoms with Crippen LogP contribution in [-0.2, 0) is 6.54 Å². The largest absolute Gasteiger partial charge is 0.310 e. The fourth-order valence-corrected chi connectivity index (χ4v) is 4.20. The van der Waals surface area contributed by atoms with Crippen LogP contribution in [0.25, 0.3) is 11.0 Å². The number of imidazole rings is 1. The first kappa shape index (κ1) is 15.3. The van der Waals surface area contributed by atoms with Gasteiger partial charge in [0.2, 0.25) is 5.95 Å². The van der Waals surface area contributed by atoms with E-state index in [1.165, 1.54) is 0 Å². The van der Waals surface area contributed by atoms with E-state index in [0.29, 0.717) is 10.0 Å². The van der Waals surface area contributed by atoms with Crippen LogP contribution in [0.2, 0.25) is 10.0 Å². The maximum atomic E-state index is 6.44. The van der Waals surface area contributed by atoms with Gasteiger partial charge in [-0.2, -0.15) is 0 Å². The summed E-state index contributed by atoms with van der Waals surface area (Å²) in [7, 11) is 0. The van der Waals surface area contributed by atoms with Gasteiger partial charge in [-0.3, -0.25) is 0 Å². The van der Waals surface area contributed by atoms with E-state index in [4.69, 9.17) is 28.2 Å². The van der Waals surface area contributed by atoms with Crippen molar-refractivity contribution >= 4 is 61.8 Å². The van der Waals surface area contributed by atoms with Gasteiger partial charge in [0.25, 0.3) is 0 Å². The van der Waals surface area contributed by atoms with Crippen LogP contribution in [0, 0.1) is 0 Å². The van der Waals surface area contributed by atoms with Gasteiger partial charge in [0.05, 0.1) is 21.7 Å². The van der Waals surface area contributed by atoms with E-state index in [1.54, 1.807) is 6.07 Å². The molecule has 0 unspecified atom stereocenters. The first-order chi connectivity index (χ1) is 11.1. The molecule has 0 atom stereocenters. The van der Waals surface area contributed by atoms with Crippen molar-refractivity contribution in [3.8, 4) is 0 Å². The van der Waals surface area contributed by atoms with Gasteiger partial charge < -0.3 is 9.47 Å². The minimum absolute atomic E-state index is 0.643. The van der Waals surface area contributed by atoms with E-state index in [2.05, 4.69) is 31.5 Å². The third-order valence-corrected chi connectivity index (χ3v) is 5.33. The average molecular weight is 411 g/mol. The molecule has 0 radical (unpaired) electrons. The van der Waals surface area contributed by atoms with Crippen LogP contribution in [0.4, 0.5) is 11.6 Å². The lowest BCUT2D eigenvalue weighted by molar-refractivity contribution is 0.668. The number of hydrogen-bond donors (Lipinski definition) is 0. The Kier molecular flexibility index (Phi) is 4.00. The van der Waals surface area contributed by atoms with Crippen molar-refractivity contribution in [1.29, 1.82) is 0 Å².